The fourth-order valence-electron chi connectivity index (χ4n) is 3.11. The second-order valence-corrected chi connectivity index (χ2v) is 7.05. The van der Waals surface area contributed by atoms with Gasteiger partial charge in [0.25, 0.3) is 0 Å². The first-order valence-corrected chi connectivity index (χ1v) is 8.99. The largest absolute Gasteiger partial charge is 0.376 e. The van der Waals surface area contributed by atoms with E-state index in [9.17, 15) is 4.79 Å². The highest BCUT2D eigenvalue weighted by Gasteiger charge is 2.26. The predicted molar refractivity (Wildman–Crippen MR) is 85.2 cm³/mol. The third kappa shape index (κ3) is 4.06. The molecule has 1 amide bonds. The number of nitrogens with zero attached hydrogens (tertiary/aromatic N) is 2. The molecule has 0 spiro atoms. The molecule has 0 aliphatic carbocycles. The summed E-state index contributed by atoms with van der Waals surface area (Å²) in [5.74, 6) is 0.477. The zero-order chi connectivity index (χ0) is 15.4. The van der Waals surface area contributed by atoms with Crippen LogP contribution in [0.1, 0.15) is 42.3 Å². The number of rotatable bonds is 5. The molecule has 2 fully saturated rings. The Labute approximate surface area is 135 Å². The molecule has 2 aliphatic rings. The maximum absolute atomic E-state index is 12.3. The average Bonchev–Trinajstić information content (AvgIpc) is 3.19. The van der Waals surface area contributed by atoms with E-state index in [1.165, 1.54) is 0 Å². The number of carbonyl (C=O) groups excluding carboxylic acids is 1. The summed E-state index contributed by atoms with van der Waals surface area (Å²) >= 11 is 1.71. The lowest BCUT2D eigenvalue weighted by atomic mass is 9.99. The second kappa shape index (κ2) is 7.53. The van der Waals surface area contributed by atoms with E-state index in [-0.39, 0.29) is 18.6 Å². The van der Waals surface area contributed by atoms with Gasteiger partial charge in [-0.2, -0.15) is 0 Å². The number of likely N-dealkylation sites (tertiary alicyclic amines) is 1. The fraction of sp³-hybridized carbons (Fsp3) is 0.750. The first-order chi connectivity index (χ1) is 10.7. The Kier molecular flexibility index (Phi) is 5.44. The van der Waals surface area contributed by atoms with Crippen molar-refractivity contribution in [1.82, 2.24) is 9.88 Å². The number of thiazole rings is 1. The third-order valence-electron chi connectivity index (χ3n) is 4.31. The molecule has 2 aliphatic heterocycles. The maximum Gasteiger partial charge on any atom is 0.248 e. The van der Waals surface area contributed by atoms with Gasteiger partial charge in [0.15, 0.2) is 0 Å². The molecule has 3 rings (SSSR count). The molecule has 5 nitrogen and oxygen atoms in total. The van der Waals surface area contributed by atoms with E-state index in [2.05, 4.69) is 10.4 Å². The monoisotopic (exact) mass is 324 g/mol. The van der Waals surface area contributed by atoms with Crippen molar-refractivity contribution in [3.05, 3.63) is 16.1 Å². The number of carbonyl (C=O) groups is 1. The number of piperidine rings is 1. The lowest BCUT2D eigenvalue weighted by Crippen LogP contribution is -2.41. The van der Waals surface area contributed by atoms with Crippen LogP contribution < -0.4 is 0 Å². The molecule has 122 valence electrons. The van der Waals surface area contributed by atoms with Gasteiger partial charge in [0.1, 0.15) is 6.61 Å². The minimum absolute atomic E-state index is 0.0935. The summed E-state index contributed by atoms with van der Waals surface area (Å²) in [6.45, 7) is 5.16. The first kappa shape index (κ1) is 15.9. The van der Waals surface area contributed by atoms with Crippen LogP contribution >= 0.6 is 11.3 Å². The quantitative estimate of drug-likeness (QED) is 0.834. The minimum Gasteiger partial charge on any atom is -0.376 e. The van der Waals surface area contributed by atoms with Crippen LogP contribution in [0.3, 0.4) is 0 Å². The van der Waals surface area contributed by atoms with Crippen molar-refractivity contribution in [3.8, 4) is 0 Å². The van der Waals surface area contributed by atoms with E-state index >= 15 is 0 Å². The van der Waals surface area contributed by atoms with Crippen molar-refractivity contribution in [2.45, 2.75) is 44.6 Å². The van der Waals surface area contributed by atoms with Crippen LogP contribution in [0.5, 0.6) is 0 Å². The van der Waals surface area contributed by atoms with Crippen molar-refractivity contribution >= 4 is 17.2 Å². The highest BCUT2D eigenvalue weighted by Crippen LogP contribution is 2.29. The molecule has 0 aromatic carbocycles. The first-order valence-electron chi connectivity index (χ1n) is 8.11. The van der Waals surface area contributed by atoms with Crippen molar-refractivity contribution < 1.29 is 14.3 Å². The van der Waals surface area contributed by atoms with Crippen molar-refractivity contribution in [2.75, 3.05) is 32.9 Å². The molecule has 1 aromatic heterocycles. The van der Waals surface area contributed by atoms with Crippen LogP contribution in [0.2, 0.25) is 0 Å². The SMILES string of the molecule is Cc1csc([C@H]2CCCN(C(=O)COC[C@@H]3CCCO3)C2)n1. The average molecular weight is 324 g/mol. The second-order valence-electron chi connectivity index (χ2n) is 6.16. The topological polar surface area (TPSA) is 51.7 Å². The van der Waals surface area contributed by atoms with Gasteiger partial charge >= 0.3 is 0 Å². The number of aryl methyl sites for hydroxylation is 1. The van der Waals surface area contributed by atoms with Crippen molar-refractivity contribution in [2.24, 2.45) is 0 Å². The van der Waals surface area contributed by atoms with Crippen LogP contribution in [0.25, 0.3) is 0 Å². The van der Waals surface area contributed by atoms with Gasteiger partial charge in [-0.15, -0.1) is 11.3 Å². The molecule has 1 aromatic rings. The Morgan fingerprint density at radius 1 is 1.50 bits per heavy atom. The van der Waals surface area contributed by atoms with E-state index in [0.717, 1.165) is 56.1 Å². The van der Waals surface area contributed by atoms with E-state index in [4.69, 9.17) is 9.47 Å². The minimum atomic E-state index is 0.0935. The molecular weight excluding hydrogens is 300 g/mol. The highest BCUT2D eigenvalue weighted by molar-refractivity contribution is 7.09. The fourth-order valence-corrected chi connectivity index (χ4v) is 4.04. The lowest BCUT2D eigenvalue weighted by molar-refractivity contribution is -0.138. The summed E-state index contributed by atoms with van der Waals surface area (Å²) in [6, 6.07) is 0. The molecule has 2 atom stereocenters. The molecule has 2 saturated heterocycles. The number of hydrogen-bond donors (Lipinski definition) is 0. The third-order valence-corrected chi connectivity index (χ3v) is 5.44. The van der Waals surface area contributed by atoms with Crippen molar-refractivity contribution in [3.63, 3.8) is 0 Å². The Balaban J connectivity index is 1.45. The molecular formula is C16H24N2O3S. The molecule has 22 heavy (non-hydrogen) atoms. The van der Waals surface area contributed by atoms with Gasteiger partial charge in [0.2, 0.25) is 5.91 Å². The van der Waals surface area contributed by atoms with E-state index in [0.29, 0.717) is 12.5 Å². The van der Waals surface area contributed by atoms with Gasteiger partial charge < -0.3 is 14.4 Å². The summed E-state index contributed by atoms with van der Waals surface area (Å²) in [6.07, 6.45) is 4.49. The van der Waals surface area contributed by atoms with Crippen LogP contribution in [-0.4, -0.2) is 54.8 Å². The van der Waals surface area contributed by atoms with Gasteiger partial charge in [-0.25, -0.2) is 4.98 Å². The van der Waals surface area contributed by atoms with Gasteiger partial charge in [-0.3, -0.25) is 4.79 Å². The van der Waals surface area contributed by atoms with E-state index < -0.39 is 0 Å². The van der Waals surface area contributed by atoms with Gasteiger partial charge in [0, 0.05) is 36.7 Å². The van der Waals surface area contributed by atoms with Gasteiger partial charge in [0.05, 0.1) is 17.7 Å². The van der Waals surface area contributed by atoms with Crippen molar-refractivity contribution in [1.29, 1.82) is 0 Å². The summed E-state index contributed by atoms with van der Waals surface area (Å²) in [5, 5.41) is 3.25. The summed E-state index contributed by atoms with van der Waals surface area (Å²) in [7, 11) is 0. The molecule has 3 heterocycles. The van der Waals surface area contributed by atoms with Crippen LogP contribution in [0.15, 0.2) is 5.38 Å². The summed E-state index contributed by atoms with van der Waals surface area (Å²) in [5.41, 5.74) is 1.07. The molecule has 0 saturated carbocycles. The Hall–Kier alpha value is -0.980. The zero-order valence-corrected chi connectivity index (χ0v) is 13.9. The normalized spacial score (nSPS) is 25.6. The Morgan fingerprint density at radius 3 is 3.14 bits per heavy atom. The predicted octanol–water partition coefficient (Wildman–Crippen LogP) is 2.35. The van der Waals surface area contributed by atoms with Crippen LogP contribution in [0.4, 0.5) is 0 Å². The van der Waals surface area contributed by atoms with Crippen LogP contribution in [-0.2, 0) is 14.3 Å². The highest BCUT2D eigenvalue weighted by atomic mass is 32.1. The van der Waals surface area contributed by atoms with E-state index in [1.807, 2.05) is 11.8 Å². The number of ether oxygens (including phenoxy) is 2. The number of amides is 1. The van der Waals surface area contributed by atoms with E-state index in [1.54, 1.807) is 11.3 Å². The maximum atomic E-state index is 12.3. The number of hydrogen-bond acceptors (Lipinski definition) is 5. The zero-order valence-electron chi connectivity index (χ0n) is 13.1. The summed E-state index contributed by atoms with van der Waals surface area (Å²) in [4.78, 5) is 18.8. The molecule has 0 radical (unpaired) electrons. The smallest absolute Gasteiger partial charge is 0.248 e. The molecule has 0 unspecified atom stereocenters. The van der Waals surface area contributed by atoms with Crippen LogP contribution in [0, 0.1) is 6.92 Å². The Bertz CT molecular complexity index is 499. The molecule has 0 bridgehead atoms. The van der Waals surface area contributed by atoms with Gasteiger partial charge in [-0.05, 0) is 32.6 Å². The molecule has 6 heteroatoms. The Morgan fingerprint density at radius 2 is 2.41 bits per heavy atom. The number of aromatic nitrogens is 1. The van der Waals surface area contributed by atoms with Gasteiger partial charge in [-0.1, -0.05) is 0 Å². The standard InChI is InChI=1S/C16H24N2O3S/c1-12-11-22-16(17-12)13-4-2-6-18(8-13)15(19)10-20-9-14-5-3-7-21-14/h11,13-14H,2-10H2,1H3/t13-,14-/m0/s1. The summed E-state index contributed by atoms with van der Waals surface area (Å²) < 4.78 is 11.0. The lowest BCUT2D eigenvalue weighted by Gasteiger charge is -2.31. The molecule has 0 N–H and O–H groups in total.